The van der Waals surface area contributed by atoms with Crippen molar-refractivity contribution < 1.29 is 4.79 Å². The van der Waals surface area contributed by atoms with Gasteiger partial charge in [-0.1, -0.05) is 20.3 Å². The van der Waals surface area contributed by atoms with Crippen molar-refractivity contribution in [3.05, 3.63) is 0 Å². The van der Waals surface area contributed by atoms with Gasteiger partial charge in [0.05, 0.1) is 5.54 Å². The lowest BCUT2D eigenvalue weighted by molar-refractivity contribution is -0.124. The lowest BCUT2D eigenvalue weighted by Gasteiger charge is -2.34. The largest absolute Gasteiger partial charge is 0.368 e. The summed E-state index contributed by atoms with van der Waals surface area (Å²) in [5.41, 5.74) is 4.97. The molecule has 4 nitrogen and oxygen atoms in total. The molecule has 3 N–H and O–H groups in total. The van der Waals surface area contributed by atoms with Gasteiger partial charge in [0.1, 0.15) is 0 Å². The van der Waals surface area contributed by atoms with Crippen LogP contribution in [-0.2, 0) is 4.79 Å². The summed E-state index contributed by atoms with van der Waals surface area (Å²) in [6.45, 7) is 11.5. The highest BCUT2D eigenvalue weighted by Gasteiger charge is 2.35. The van der Waals surface area contributed by atoms with E-state index in [0.717, 1.165) is 25.4 Å². The molecule has 0 spiro atoms. The van der Waals surface area contributed by atoms with Crippen molar-refractivity contribution >= 4 is 5.91 Å². The van der Waals surface area contributed by atoms with Crippen molar-refractivity contribution in [2.24, 2.45) is 11.7 Å². The fourth-order valence-electron chi connectivity index (χ4n) is 3.28. The summed E-state index contributed by atoms with van der Waals surface area (Å²) < 4.78 is 0. The number of carbonyl (C=O) groups excluding carboxylic acids is 1. The molecule has 0 aliphatic carbocycles. The Morgan fingerprint density at radius 2 is 2.21 bits per heavy atom. The van der Waals surface area contributed by atoms with Crippen LogP contribution in [0.15, 0.2) is 0 Å². The Morgan fingerprint density at radius 3 is 2.74 bits per heavy atom. The minimum Gasteiger partial charge on any atom is -0.368 e. The number of nitrogens with zero attached hydrogens (tertiary/aromatic N) is 1. The second kappa shape index (κ2) is 7.25. The highest BCUT2D eigenvalue weighted by Crippen LogP contribution is 2.25. The number of carbonyl (C=O) groups is 1. The normalized spacial score (nSPS) is 25.2. The van der Waals surface area contributed by atoms with Crippen LogP contribution in [0.3, 0.4) is 0 Å². The Bertz CT molecular complexity index is 295. The van der Waals surface area contributed by atoms with E-state index in [4.69, 9.17) is 5.73 Å². The van der Waals surface area contributed by atoms with E-state index in [0.29, 0.717) is 6.04 Å². The fraction of sp³-hybridized carbons (Fsp3) is 0.933. The van der Waals surface area contributed by atoms with Crippen molar-refractivity contribution in [3.8, 4) is 0 Å². The van der Waals surface area contributed by atoms with Gasteiger partial charge in [-0.2, -0.15) is 0 Å². The van der Waals surface area contributed by atoms with Gasteiger partial charge < -0.3 is 16.0 Å². The predicted octanol–water partition coefficient (Wildman–Crippen LogP) is 1.74. The van der Waals surface area contributed by atoms with E-state index in [1.165, 1.54) is 25.8 Å². The number of rotatable bonds is 8. The monoisotopic (exact) mass is 269 g/mol. The van der Waals surface area contributed by atoms with E-state index in [2.05, 4.69) is 24.1 Å². The first-order valence-electron chi connectivity index (χ1n) is 7.72. The highest BCUT2D eigenvalue weighted by atomic mass is 16.1. The Balaban J connectivity index is 2.54. The summed E-state index contributed by atoms with van der Waals surface area (Å²) in [6.07, 6.45) is 4.68. The molecule has 0 radical (unpaired) electrons. The maximum atomic E-state index is 11.7. The van der Waals surface area contributed by atoms with E-state index in [1.54, 1.807) is 0 Å². The summed E-state index contributed by atoms with van der Waals surface area (Å²) in [6, 6.07) is 0.401. The number of likely N-dealkylation sites (N-methyl/N-ethyl adjacent to an activating group) is 1. The van der Waals surface area contributed by atoms with E-state index < -0.39 is 5.54 Å². The van der Waals surface area contributed by atoms with Gasteiger partial charge in [0.25, 0.3) is 0 Å². The minimum atomic E-state index is -0.586. The highest BCUT2D eigenvalue weighted by molar-refractivity contribution is 5.84. The Kier molecular flexibility index (Phi) is 6.27. The molecule has 112 valence electrons. The fourth-order valence-corrected chi connectivity index (χ4v) is 3.28. The number of likely N-dealkylation sites (tertiary alicyclic amines) is 1. The molecule has 0 aromatic rings. The molecule has 19 heavy (non-hydrogen) atoms. The minimum absolute atomic E-state index is 0.245. The van der Waals surface area contributed by atoms with Crippen molar-refractivity contribution in [1.29, 1.82) is 0 Å². The summed E-state index contributed by atoms with van der Waals surface area (Å²) in [7, 11) is 0. The second-order valence-corrected chi connectivity index (χ2v) is 6.22. The molecule has 1 amide bonds. The van der Waals surface area contributed by atoms with Crippen LogP contribution in [0.25, 0.3) is 0 Å². The van der Waals surface area contributed by atoms with Crippen LogP contribution in [0.4, 0.5) is 0 Å². The third-order valence-electron chi connectivity index (χ3n) is 4.45. The molecule has 1 heterocycles. The van der Waals surface area contributed by atoms with Crippen molar-refractivity contribution in [2.75, 3.05) is 19.6 Å². The number of hydrogen-bond acceptors (Lipinski definition) is 3. The summed E-state index contributed by atoms with van der Waals surface area (Å²) in [4.78, 5) is 14.2. The first-order valence-corrected chi connectivity index (χ1v) is 7.72. The molecule has 0 aromatic carbocycles. The van der Waals surface area contributed by atoms with Gasteiger partial charge in [0, 0.05) is 12.6 Å². The maximum Gasteiger partial charge on any atom is 0.237 e. The van der Waals surface area contributed by atoms with E-state index in [-0.39, 0.29) is 5.91 Å². The zero-order valence-electron chi connectivity index (χ0n) is 13.0. The molecule has 1 rings (SSSR count). The van der Waals surface area contributed by atoms with Crippen LogP contribution in [0, 0.1) is 5.92 Å². The molecule has 3 unspecified atom stereocenters. The SMILES string of the molecule is CCCC1CCN(C(C)CC(C)(NCC)C(N)=O)C1. The van der Waals surface area contributed by atoms with Crippen LogP contribution in [-0.4, -0.2) is 42.0 Å². The maximum absolute atomic E-state index is 11.7. The third-order valence-corrected chi connectivity index (χ3v) is 4.45. The molecule has 1 aliphatic heterocycles. The lowest BCUT2D eigenvalue weighted by Crippen LogP contribution is -2.56. The van der Waals surface area contributed by atoms with E-state index in [9.17, 15) is 4.79 Å². The smallest absolute Gasteiger partial charge is 0.237 e. The van der Waals surface area contributed by atoms with Crippen molar-refractivity contribution in [3.63, 3.8) is 0 Å². The van der Waals surface area contributed by atoms with Crippen LogP contribution in [0.5, 0.6) is 0 Å². The Hall–Kier alpha value is -0.610. The van der Waals surface area contributed by atoms with Crippen molar-refractivity contribution in [1.82, 2.24) is 10.2 Å². The zero-order chi connectivity index (χ0) is 14.5. The molecule has 0 saturated carbocycles. The van der Waals surface area contributed by atoms with Crippen LogP contribution in [0.2, 0.25) is 0 Å². The third kappa shape index (κ3) is 4.46. The molecule has 4 heteroatoms. The lowest BCUT2D eigenvalue weighted by atomic mass is 9.92. The topological polar surface area (TPSA) is 58.4 Å². The van der Waals surface area contributed by atoms with Gasteiger partial charge >= 0.3 is 0 Å². The average Bonchev–Trinajstić information content (AvgIpc) is 2.78. The zero-order valence-corrected chi connectivity index (χ0v) is 13.0. The van der Waals surface area contributed by atoms with Crippen LogP contribution >= 0.6 is 0 Å². The van der Waals surface area contributed by atoms with Crippen LogP contribution in [0.1, 0.15) is 53.4 Å². The summed E-state index contributed by atoms with van der Waals surface area (Å²) >= 11 is 0. The van der Waals surface area contributed by atoms with Crippen molar-refractivity contribution in [2.45, 2.75) is 65.0 Å². The average molecular weight is 269 g/mol. The van der Waals surface area contributed by atoms with Gasteiger partial charge in [-0.25, -0.2) is 0 Å². The van der Waals surface area contributed by atoms with Gasteiger partial charge in [-0.3, -0.25) is 4.79 Å². The first-order chi connectivity index (χ1) is 8.92. The van der Waals surface area contributed by atoms with Gasteiger partial charge in [0.2, 0.25) is 5.91 Å². The number of primary amides is 1. The summed E-state index contributed by atoms with van der Waals surface area (Å²) in [5, 5.41) is 3.25. The number of nitrogens with one attached hydrogen (secondary N) is 1. The standard InChI is InChI=1S/C15H31N3O/c1-5-7-13-8-9-18(11-13)12(3)10-15(4,14(16)19)17-6-2/h12-13,17H,5-11H2,1-4H3,(H2,16,19). The van der Waals surface area contributed by atoms with E-state index >= 15 is 0 Å². The molecule has 0 bridgehead atoms. The molecule has 1 fully saturated rings. The quantitative estimate of drug-likeness (QED) is 0.705. The summed E-state index contributed by atoms with van der Waals surface area (Å²) in [5.74, 6) is 0.594. The molecular weight excluding hydrogens is 238 g/mol. The number of amides is 1. The van der Waals surface area contributed by atoms with Gasteiger partial charge in [-0.05, 0) is 52.1 Å². The Labute approximate surface area is 118 Å². The van der Waals surface area contributed by atoms with Gasteiger partial charge in [0.15, 0.2) is 0 Å². The molecular formula is C15H31N3O. The number of hydrogen-bond donors (Lipinski definition) is 2. The molecule has 0 aromatic heterocycles. The first kappa shape index (κ1) is 16.4. The molecule has 3 atom stereocenters. The second-order valence-electron chi connectivity index (χ2n) is 6.22. The Morgan fingerprint density at radius 1 is 1.53 bits per heavy atom. The molecule has 1 saturated heterocycles. The predicted molar refractivity (Wildman–Crippen MR) is 79.9 cm³/mol. The molecule has 1 aliphatic rings. The number of nitrogens with two attached hydrogens (primary N) is 1. The van der Waals surface area contributed by atoms with Crippen LogP contribution < -0.4 is 11.1 Å². The van der Waals surface area contributed by atoms with Gasteiger partial charge in [-0.15, -0.1) is 0 Å². The van der Waals surface area contributed by atoms with E-state index in [1.807, 2.05) is 13.8 Å².